The molecular weight excluding hydrogens is 203 g/mol. The fraction of sp³-hybridized carbons (Fsp3) is 0.100. The summed E-state index contributed by atoms with van der Waals surface area (Å²) in [5.74, 6) is -0.490. The second-order valence-electron chi connectivity index (χ2n) is 2.89. The van der Waals surface area contributed by atoms with Gasteiger partial charge in [-0.2, -0.15) is 0 Å². The van der Waals surface area contributed by atoms with Gasteiger partial charge < -0.3 is 5.11 Å². The summed E-state index contributed by atoms with van der Waals surface area (Å²) in [6.07, 6.45) is 0.513. The first-order valence-corrected chi connectivity index (χ1v) is 4.85. The van der Waals surface area contributed by atoms with Crippen molar-refractivity contribution in [2.75, 3.05) is 0 Å². The number of fused-ring (bicyclic) bond motifs is 1. The lowest BCUT2D eigenvalue weighted by Gasteiger charge is -1.94. The van der Waals surface area contributed by atoms with Crippen LogP contribution in [0.3, 0.4) is 0 Å². The lowest BCUT2D eigenvalue weighted by atomic mass is 10.1. The molecule has 1 aromatic carbocycles. The third-order valence-electron chi connectivity index (χ3n) is 2.01. The number of rotatable bonds is 2. The molecule has 1 N–H and O–H groups in total. The molecule has 0 fully saturated rings. The Morgan fingerprint density at radius 2 is 2.29 bits per heavy atom. The largest absolute Gasteiger partial charge is 0.392 e. The Morgan fingerprint density at radius 1 is 1.50 bits per heavy atom. The zero-order valence-corrected chi connectivity index (χ0v) is 7.97. The van der Waals surface area contributed by atoms with Gasteiger partial charge in [-0.1, -0.05) is 6.07 Å². The minimum atomic E-state index is -0.490. The number of hydrogen-bond acceptors (Lipinski definition) is 3. The maximum absolute atomic E-state index is 13.4. The average Bonchev–Trinajstić information content (AvgIpc) is 2.55. The molecule has 0 atom stereocenters. The van der Waals surface area contributed by atoms with Gasteiger partial charge in [0.25, 0.3) is 0 Å². The molecule has 14 heavy (non-hydrogen) atoms. The Balaban J connectivity index is 2.74. The van der Waals surface area contributed by atoms with Crippen LogP contribution in [0.15, 0.2) is 18.2 Å². The smallest absolute Gasteiger partial charge is 0.163 e. The quantitative estimate of drug-likeness (QED) is 0.772. The van der Waals surface area contributed by atoms with Crippen LogP contribution in [-0.2, 0) is 6.61 Å². The second-order valence-corrected chi connectivity index (χ2v) is 3.97. The maximum atomic E-state index is 13.4. The number of thiophene rings is 1. The summed E-state index contributed by atoms with van der Waals surface area (Å²) in [5.41, 5.74) is 0.645. The Labute approximate surface area is 83.6 Å². The van der Waals surface area contributed by atoms with Crippen molar-refractivity contribution in [3.05, 3.63) is 34.5 Å². The van der Waals surface area contributed by atoms with Crippen LogP contribution < -0.4 is 0 Å². The van der Waals surface area contributed by atoms with Gasteiger partial charge in [0.15, 0.2) is 12.1 Å². The molecule has 1 aromatic heterocycles. The number of aliphatic hydroxyl groups is 1. The molecule has 0 saturated heterocycles. The Bertz CT molecular complexity index is 490. The highest BCUT2D eigenvalue weighted by atomic mass is 32.1. The minimum absolute atomic E-state index is 0.107. The molecular formula is C10H7FO2S. The van der Waals surface area contributed by atoms with Crippen molar-refractivity contribution in [3.8, 4) is 0 Å². The predicted octanol–water partition coefficient (Wildman–Crippen LogP) is 2.35. The molecule has 0 aliphatic rings. The zero-order valence-electron chi connectivity index (χ0n) is 7.16. The molecule has 0 aliphatic heterocycles. The third kappa shape index (κ3) is 1.32. The molecule has 0 bridgehead atoms. The van der Waals surface area contributed by atoms with Crippen molar-refractivity contribution in [1.82, 2.24) is 0 Å². The summed E-state index contributed by atoms with van der Waals surface area (Å²) in [5, 5.41) is 9.27. The van der Waals surface area contributed by atoms with E-state index in [0.29, 0.717) is 17.2 Å². The number of halogens is 1. The van der Waals surface area contributed by atoms with Gasteiger partial charge in [-0.15, -0.1) is 11.3 Å². The molecule has 0 amide bonds. The molecule has 0 saturated carbocycles. The topological polar surface area (TPSA) is 37.3 Å². The van der Waals surface area contributed by atoms with Crippen molar-refractivity contribution in [2.45, 2.75) is 6.61 Å². The second kappa shape index (κ2) is 3.48. The van der Waals surface area contributed by atoms with Crippen LogP contribution in [-0.4, -0.2) is 11.4 Å². The first-order chi connectivity index (χ1) is 6.76. The number of aldehydes is 1. The summed E-state index contributed by atoms with van der Waals surface area (Å²) >= 11 is 1.12. The van der Waals surface area contributed by atoms with E-state index in [1.807, 2.05) is 0 Å². The fourth-order valence-electron chi connectivity index (χ4n) is 1.31. The lowest BCUT2D eigenvalue weighted by Crippen LogP contribution is -1.82. The molecule has 0 spiro atoms. The highest BCUT2D eigenvalue weighted by Crippen LogP contribution is 2.29. The molecule has 0 radical (unpaired) electrons. The summed E-state index contributed by atoms with van der Waals surface area (Å²) in [6.45, 7) is -0.123. The fourth-order valence-corrected chi connectivity index (χ4v) is 2.19. The minimum Gasteiger partial charge on any atom is -0.392 e. The molecule has 0 unspecified atom stereocenters. The average molecular weight is 210 g/mol. The number of carbonyl (C=O) groups is 1. The van der Waals surface area contributed by atoms with Crippen LogP contribution in [0.4, 0.5) is 4.39 Å². The van der Waals surface area contributed by atoms with Crippen LogP contribution >= 0.6 is 11.3 Å². The highest BCUT2D eigenvalue weighted by Gasteiger charge is 2.11. The van der Waals surface area contributed by atoms with E-state index in [1.165, 1.54) is 0 Å². The summed E-state index contributed by atoms with van der Waals surface area (Å²) in [4.78, 5) is 10.6. The van der Waals surface area contributed by atoms with E-state index in [2.05, 4.69) is 0 Å². The van der Waals surface area contributed by atoms with Crippen LogP contribution in [0.25, 0.3) is 10.1 Å². The van der Waals surface area contributed by atoms with Gasteiger partial charge >= 0.3 is 0 Å². The van der Waals surface area contributed by atoms with Crippen LogP contribution in [0.5, 0.6) is 0 Å². The molecule has 2 nitrogen and oxygen atoms in total. The van der Waals surface area contributed by atoms with E-state index >= 15 is 0 Å². The van der Waals surface area contributed by atoms with Gasteiger partial charge in [-0.3, -0.25) is 4.79 Å². The van der Waals surface area contributed by atoms with Crippen molar-refractivity contribution in [1.29, 1.82) is 0 Å². The first kappa shape index (κ1) is 9.30. The van der Waals surface area contributed by atoms with E-state index in [0.717, 1.165) is 16.0 Å². The van der Waals surface area contributed by atoms with Gasteiger partial charge in [0, 0.05) is 10.1 Å². The van der Waals surface area contributed by atoms with Crippen LogP contribution in [0, 0.1) is 5.82 Å². The number of benzene rings is 1. The number of carbonyl (C=O) groups excluding carboxylic acids is 1. The van der Waals surface area contributed by atoms with Gasteiger partial charge in [-0.05, 0) is 17.7 Å². The van der Waals surface area contributed by atoms with Crippen molar-refractivity contribution in [3.63, 3.8) is 0 Å². The Morgan fingerprint density at radius 3 is 2.93 bits per heavy atom. The van der Waals surface area contributed by atoms with E-state index < -0.39 is 5.82 Å². The van der Waals surface area contributed by atoms with E-state index in [-0.39, 0.29) is 11.5 Å². The van der Waals surface area contributed by atoms with Crippen LogP contribution in [0.1, 0.15) is 15.2 Å². The molecule has 4 heteroatoms. The Kier molecular flexibility index (Phi) is 2.31. The third-order valence-corrected chi connectivity index (χ3v) is 3.08. The van der Waals surface area contributed by atoms with E-state index in [4.69, 9.17) is 5.11 Å². The first-order valence-electron chi connectivity index (χ1n) is 4.03. The molecule has 0 aliphatic carbocycles. The summed E-state index contributed by atoms with van der Waals surface area (Å²) < 4.78 is 14.2. The van der Waals surface area contributed by atoms with Crippen molar-refractivity contribution >= 4 is 27.7 Å². The lowest BCUT2D eigenvalue weighted by molar-refractivity contribution is 0.112. The number of aliphatic hydroxyl groups excluding tert-OH is 1. The molecule has 2 aromatic rings. The monoisotopic (exact) mass is 210 g/mol. The molecule has 72 valence electrons. The van der Waals surface area contributed by atoms with Gasteiger partial charge in [-0.25, -0.2) is 4.39 Å². The van der Waals surface area contributed by atoms with E-state index in [9.17, 15) is 9.18 Å². The Hall–Kier alpha value is -1.26. The summed E-state index contributed by atoms with van der Waals surface area (Å²) in [6, 6.07) is 4.99. The standard InChI is InChI=1S/C10H7FO2S/c11-10-7-3-6(4-12)1-2-8(7)14-9(10)5-13/h1-3,5,12H,4H2. The zero-order chi connectivity index (χ0) is 10.1. The molecule has 2 rings (SSSR count). The van der Waals surface area contributed by atoms with Crippen molar-refractivity contribution < 1.29 is 14.3 Å². The maximum Gasteiger partial charge on any atom is 0.163 e. The SMILES string of the molecule is O=Cc1sc2ccc(CO)cc2c1F. The van der Waals surface area contributed by atoms with Gasteiger partial charge in [0.1, 0.15) is 4.88 Å². The molecule has 1 heterocycles. The highest BCUT2D eigenvalue weighted by molar-refractivity contribution is 7.20. The summed E-state index contributed by atoms with van der Waals surface area (Å²) in [7, 11) is 0. The van der Waals surface area contributed by atoms with Gasteiger partial charge in [0.05, 0.1) is 6.61 Å². The number of hydrogen-bond donors (Lipinski definition) is 1. The normalized spacial score (nSPS) is 10.7. The van der Waals surface area contributed by atoms with Gasteiger partial charge in [0.2, 0.25) is 0 Å². The van der Waals surface area contributed by atoms with Crippen molar-refractivity contribution in [2.24, 2.45) is 0 Å². The van der Waals surface area contributed by atoms with Crippen LogP contribution in [0.2, 0.25) is 0 Å². The van der Waals surface area contributed by atoms with E-state index in [1.54, 1.807) is 18.2 Å². The predicted molar refractivity (Wildman–Crippen MR) is 53.1 cm³/mol.